The van der Waals surface area contributed by atoms with E-state index in [9.17, 15) is 19.7 Å². The fourth-order valence-electron chi connectivity index (χ4n) is 3.09. The zero-order valence-corrected chi connectivity index (χ0v) is 15.8. The number of hydrogen-bond donors (Lipinski definition) is 0. The highest BCUT2D eigenvalue weighted by molar-refractivity contribution is 5.76. The van der Waals surface area contributed by atoms with E-state index in [0.29, 0.717) is 25.0 Å². The van der Waals surface area contributed by atoms with Crippen LogP contribution in [0.15, 0.2) is 51.7 Å². The number of benzene rings is 2. The van der Waals surface area contributed by atoms with E-state index in [1.807, 2.05) is 31.2 Å². The second-order valence-electron chi connectivity index (χ2n) is 6.71. The summed E-state index contributed by atoms with van der Waals surface area (Å²) in [6.07, 6.45) is 0.747. The summed E-state index contributed by atoms with van der Waals surface area (Å²) >= 11 is 0. The Balaban J connectivity index is 1.62. The molecule has 0 unspecified atom stereocenters. The summed E-state index contributed by atoms with van der Waals surface area (Å²) in [4.78, 5) is 36.4. The van der Waals surface area contributed by atoms with Gasteiger partial charge in [0.25, 0.3) is 5.69 Å². The fourth-order valence-corrected chi connectivity index (χ4v) is 3.09. The van der Waals surface area contributed by atoms with Crippen LogP contribution in [0.4, 0.5) is 5.69 Å². The van der Waals surface area contributed by atoms with E-state index in [1.165, 1.54) is 22.8 Å². The predicted molar refractivity (Wildman–Crippen MR) is 104 cm³/mol. The van der Waals surface area contributed by atoms with Gasteiger partial charge in [-0.2, -0.15) is 0 Å². The van der Waals surface area contributed by atoms with Gasteiger partial charge in [-0.1, -0.05) is 24.3 Å². The first-order valence-electron chi connectivity index (χ1n) is 8.93. The largest absolute Gasteiger partial charge is 0.419 e. The molecule has 0 saturated carbocycles. The minimum atomic E-state index is -0.587. The molecule has 0 radical (unpaired) electrons. The topological polar surface area (TPSA) is 98.6 Å². The molecule has 8 nitrogen and oxygen atoms in total. The van der Waals surface area contributed by atoms with Gasteiger partial charge < -0.3 is 9.32 Å². The Morgan fingerprint density at radius 1 is 1.25 bits per heavy atom. The third-order valence-electron chi connectivity index (χ3n) is 4.73. The molecule has 0 aliphatic heterocycles. The smallest absolute Gasteiger partial charge is 0.407 e. The molecule has 0 fully saturated rings. The Labute approximate surface area is 161 Å². The lowest BCUT2D eigenvalue weighted by Gasteiger charge is -2.18. The van der Waals surface area contributed by atoms with Gasteiger partial charge in [0.15, 0.2) is 5.58 Å². The lowest BCUT2D eigenvalue weighted by molar-refractivity contribution is -0.384. The van der Waals surface area contributed by atoms with Gasteiger partial charge in [0.05, 0.1) is 16.5 Å². The van der Waals surface area contributed by atoms with Crippen molar-refractivity contribution in [2.45, 2.75) is 32.9 Å². The lowest BCUT2D eigenvalue weighted by Crippen LogP contribution is -2.27. The molecule has 0 atom stereocenters. The zero-order chi connectivity index (χ0) is 20.3. The summed E-state index contributed by atoms with van der Waals surface area (Å²) in [5.41, 5.74) is 2.74. The second kappa shape index (κ2) is 8.08. The highest BCUT2D eigenvalue weighted by Crippen LogP contribution is 2.20. The highest BCUT2D eigenvalue weighted by atomic mass is 16.6. The first-order chi connectivity index (χ1) is 13.4. The Hall–Kier alpha value is -3.42. The van der Waals surface area contributed by atoms with E-state index >= 15 is 0 Å². The number of fused-ring (bicyclic) bond motifs is 1. The molecule has 3 rings (SSSR count). The molecule has 0 bridgehead atoms. The van der Waals surface area contributed by atoms with Gasteiger partial charge in [-0.15, -0.1) is 0 Å². The third kappa shape index (κ3) is 4.11. The number of aryl methyl sites for hydroxylation is 2. The van der Waals surface area contributed by atoms with Crippen molar-refractivity contribution in [1.29, 1.82) is 0 Å². The summed E-state index contributed by atoms with van der Waals surface area (Å²) in [6.45, 7) is 2.84. The third-order valence-corrected chi connectivity index (χ3v) is 4.73. The van der Waals surface area contributed by atoms with Crippen molar-refractivity contribution in [2.24, 2.45) is 0 Å². The number of nitro benzene ring substituents is 1. The molecule has 8 heteroatoms. The Bertz CT molecular complexity index is 1080. The Morgan fingerprint density at radius 3 is 2.71 bits per heavy atom. The first-order valence-corrected chi connectivity index (χ1v) is 8.93. The molecule has 0 aliphatic carbocycles. The molecular formula is C20H21N3O5. The number of carbonyl (C=O) groups excluding carboxylic acids is 1. The predicted octanol–water partition coefficient (Wildman–Crippen LogP) is 3.25. The monoisotopic (exact) mass is 383 g/mol. The van der Waals surface area contributed by atoms with Gasteiger partial charge in [-0.3, -0.25) is 19.5 Å². The van der Waals surface area contributed by atoms with Crippen molar-refractivity contribution in [3.63, 3.8) is 0 Å². The van der Waals surface area contributed by atoms with Crippen LogP contribution < -0.4 is 5.76 Å². The number of non-ortho nitro benzene ring substituents is 1. The molecule has 0 aliphatic rings. The van der Waals surface area contributed by atoms with Crippen molar-refractivity contribution in [2.75, 3.05) is 7.05 Å². The van der Waals surface area contributed by atoms with Crippen LogP contribution >= 0.6 is 0 Å². The van der Waals surface area contributed by atoms with E-state index in [2.05, 4.69) is 0 Å². The number of nitrogens with zero attached hydrogens (tertiary/aromatic N) is 3. The summed E-state index contributed by atoms with van der Waals surface area (Å²) in [7, 11) is 1.76. The van der Waals surface area contributed by atoms with Gasteiger partial charge in [0.1, 0.15) is 0 Å². The fraction of sp³-hybridized carbons (Fsp3) is 0.300. The maximum Gasteiger partial charge on any atom is 0.419 e. The van der Waals surface area contributed by atoms with Gasteiger partial charge in [-0.05, 0) is 30.5 Å². The average molecular weight is 383 g/mol. The van der Waals surface area contributed by atoms with E-state index in [4.69, 9.17) is 4.42 Å². The van der Waals surface area contributed by atoms with Crippen LogP contribution in [-0.4, -0.2) is 27.3 Å². The summed E-state index contributed by atoms with van der Waals surface area (Å²) in [5, 5.41) is 10.8. The second-order valence-corrected chi connectivity index (χ2v) is 6.71. The van der Waals surface area contributed by atoms with Crippen LogP contribution in [0.3, 0.4) is 0 Å². The molecule has 1 amide bonds. The summed E-state index contributed by atoms with van der Waals surface area (Å²) < 4.78 is 6.49. The molecule has 2 aromatic carbocycles. The molecule has 3 aromatic rings. The summed E-state index contributed by atoms with van der Waals surface area (Å²) in [6, 6.07) is 12.0. The van der Waals surface area contributed by atoms with Crippen LogP contribution in [0.5, 0.6) is 0 Å². The SMILES string of the molecule is Cc1ccccc1CN(C)C(=O)CCCn1c(=O)oc2cc([N+](=O)[O-])ccc21. The van der Waals surface area contributed by atoms with Crippen molar-refractivity contribution in [3.05, 3.63) is 74.3 Å². The van der Waals surface area contributed by atoms with E-state index in [-0.39, 0.29) is 23.6 Å². The first kappa shape index (κ1) is 19.3. The van der Waals surface area contributed by atoms with Crippen molar-refractivity contribution < 1.29 is 14.1 Å². The Kier molecular flexibility index (Phi) is 5.58. The maximum atomic E-state index is 12.4. The van der Waals surface area contributed by atoms with E-state index < -0.39 is 10.7 Å². The molecule has 0 saturated heterocycles. The van der Waals surface area contributed by atoms with Gasteiger partial charge in [0.2, 0.25) is 5.91 Å². The minimum Gasteiger partial charge on any atom is -0.407 e. The number of carbonyl (C=O) groups is 1. The number of hydrogen-bond acceptors (Lipinski definition) is 5. The van der Waals surface area contributed by atoms with Gasteiger partial charge in [-0.25, -0.2) is 4.79 Å². The number of rotatable bonds is 7. The molecule has 1 aromatic heterocycles. The molecule has 0 spiro atoms. The summed E-state index contributed by atoms with van der Waals surface area (Å²) in [5.74, 6) is -0.601. The quantitative estimate of drug-likeness (QED) is 0.461. The van der Waals surface area contributed by atoms with Crippen LogP contribution in [0, 0.1) is 17.0 Å². The average Bonchev–Trinajstić information content (AvgIpc) is 2.98. The molecular weight excluding hydrogens is 362 g/mol. The number of amides is 1. The minimum absolute atomic E-state index is 0.0141. The normalized spacial score (nSPS) is 10.9. The van der Waals surface area contributed by atoms with Crippen LogP contribution in [0.1, 0.15) is 24.0 Å². The van der Waals surface area contributed by atoms with Crippen molar-refractivity contribution in [1.82, 2.24) is 9.47 Å². The standard InChI is InChI=1S/C20H21N3O5/c1-14-6-3-4-7-15(14)13-21(2)19(24)8-5-11-22-17-10-9-16(23(26)27)12-18(17)28-20(22)25/h3-4,6-7,9-10,12H,5,8,11,13H2,1-2H3. The van der Waals surface area contributed by atoms with Crippen LogP contribution in [-0.2, 0) is 17.9 Å². The molecule has 1 heterocycles. The molecule has 0 N–H and O–H groups in total. The van der Waals surface area contributed by atoms with Gasteiger partial charge in [0, 0.05) is 32.6 Å². The highest BCUT2D eigenvalue weighted by Gasteiger charge is 2.15. The number of nitro groups is 1. The van der Waals surface area contributed by atoms with E-state index in [1.54, 1.807) is 11.9 Å². The molecule has 28 heavy (non-hydrogen) atoms. The van der Waals surface area contributed by atoms with Gasteiger partial charge >= 0.3 is 5.76 Å². The van der Waals surface area contributed by atoms with Crippen LogP contribution in [0.25, 0.3) is 11.1 Å². The number of aromatic nitrogens is 1. The Morgan fingerprint density at radius 2 is 2.00 bits per heavy atom. The van der Waals surface area contributed by atoms with E-state index in [0.717, 1.165) is 11.1 Å². The maximum absolute atomic E-state index is 12.4. The van der Waals surface area contributed by atoms with Crippen molar-refractivity contribution in [3.8, 4) is 0 Å². The molecule has 146 valence electrons. The van der Waals surface area contributed by atoms with Crippen molar-refractivity contribution >= 4 is 22.7 Å². The zero-order valence-electron chi connectivity index (χ0n) is 15.8. The van der Waals surface area contributed by atoms with Crippen LogP contribution in [0.2, 0.25) is 0 Å². The number of oxazole rings is 1. The lowest BCUT2D eigenvalue weighted by atomic mass is 10.1.